The summed E-state index contributed by atoms with van der Waals surface area (Å²) < 4.78 is 5.25. The van der Waals surface area contributed by atoms with E-state index in [1.807, 2.05) is 97.1 Å². The number of imidazole rings is 1. The van der Waals surface area contributed by atoms with Crippen LogP contribution in [0.1, 0.15) is 22.5 Å². The van der Waals surface area contributed by atoms with Crippen molar-refractivity contribution >= 4 is 47.5 Å². The molecule has 0 aliphatic heterocycles. The second-order valence-electron chi connectivity index (χ2n) is 6.88. The number of aromatic nitrogens is 2. The number of nitrogens with one attached hydrogen (secondary N) is 1. The Morgan fingerprint density at radius 3 is 1.81 bits per heavy atom. The Bertz CT molecular complexity index is 1130. The van der Waals surface area contributed by atoms with Gasteiger partial charge in [0.15, 0.2) is 0 Å². The molecule has 1 N–H and O–H groups in total. The van der Waals surface area contributed by atoms with Crippen LogP contribution in [0.4, 0.5) is 0 Å². The summed E-state index contributed by atoms with van der Waals surface area (Å²) >= 11 is 12.0. The van der Waals surface area contributed by atoms with Crippen molar-refractivity contribution in [3.63, 3.8) is 0 Å². The maximum Gasteiger partial charge on any atom is 0.138 e. The molecule has 0 spiro atoms. The quantitative estimate of drug-likeness (QED) is 0.328. The summed E-state index contributed by atoms with van der Waals surface area (Å²) in [7, 11) is 1.65. The van der Waals surface area contributed by atoms with Gasteiger partial charge in [0.1, 0.15) is 11.6 Å². The fourth-order valence-electron chi connectivity index (χ4n) is 3.04. The molecule has 0 amide bonds. The Hall–Kier alpha value is -3.27. The van der Waals surface area contributed by atoms with Crippen LogP contribution in [-0.2, 0) is 0 Å². The summed E-state index contributed by atoms with van der Waals surface area (Å²) in [5.74, 6) is 1.59. The summed E-state index contributed by atoms with van der Waals surface area (Å²) in [6, 6.07) is 23.2. The van der Waals surface area contributed by atoms with Gasteiger partial charge in [-0.1, -0.05) is 59.6 Å². The predicted molar refractivity (Wildman–Crippen MR) is 131 cm³/mol. The number of nitrogens with zero attached hydrogens (tertiary/aromatic N) is 1. The molecule has 0 bridgehead atoms. The molecule has 0 saturated heterocycles. The zero-order chi connectivity index (χ0) is 21.6. The van der Waals surface area contributed by atoms with Crippen LogP contribution in [0.25, 0.3) is 35.7 Å². The van der Waals surface area contributed by atoms with E-state index in [0.717, 1.165) is 39.7 Å². The van der Waals surface area contributed by atoms with Crippen molar-refractivity contribution in [3.8, 4) is 17.1 Å². The molecule has 1 aromatic heterocycles. The van der Waals surface area contributed by atoms with Gasteiger partial charge in [-0.3, -0.25) is 0 Å². The summed E-state index contributed by atoms with van der Waals surface area (Å²) in [6.07, 6.45) is 8.06. The lowest BCUT2D eigenvalue weighted by Gasteiger charge is -2.00. The summed E-state index contributed by atoms with van der Waals surface area (Å²) in [4.78, 5) is 8.24. The SMILES string of the molecule is COc1ccc(-c2nc(C=Cc3ccc(Cl)cc3)c(C=Cc3ccc(Cl)cc3)[nH]2)cc1. The van der Waals surface area contributed by atoms with E-state index in [-0.39, 0.29) is 0 Å². The largest absolute Gasteiger partial charge is 0.497 e. The molecule has 5 heteroatoms. The molecule has 4 rings (SSSR count). The van der Waals surface area contributed by atoms with Gasteiger partial charge in [0, 0.05) is 15.6 Å². The number of H-pyrrole nitrogens is 1. The maximum absolute atomic E-state index is 5.99. The third kappa shape index (κ3) is 5.46. The Balaban J connectivity index is 1.68. The van der Waals surface area contributed by atoms with Crippen molar-refractivity contribution < 1.29 is 4.74 Å². The van der Waals surface area contributed by atoms with Crippen LogP contribution in [0.15, 0.2) is 72.8 Å². The van der Waals surface area contributed by atoms with Crippen molar-refractivity contribution in [2.24, 2.45) is 0 Å². The Morgan fingerprint density at radius 2 is 1.26 bits per heavy atom. The first kappa shape index (κ1) is 21.0. The Morgan fingerprint density at radius 1 is 0.710 bits per heavy atom. The average Bonchev–Trinajstić information content (AvgIpc) is 3.21. The van der Waals surface area contributed by atoms with Crippen molar-refractivity contribution in [1.82, 2.24) is 9.97 Å². The maximum atomic E-state index is 5.99. The topological polar surface area (TPSA) is 37.9 Å². The number of hydrogen-bond acceptors (Lipinski definition) is 2. The summed E-state index contributed by atoms with van der Waals surface area (Å²) in [5.41, 5.74) is 4.83. The van der Waals surface area contributed by atoms with E-state index in [9.17, 15) is 0 Å². The highest BCUT2D eigenvalue weighted by atomic mass is 35.5. The van der Waals surface area contributed by atoms with Crippen LogP contribution in [0.2, 0.25) is 10.0 Å². The zero-order valence-corrected chi connectivity index (χ0v) is 18.4. The van der Waals surface area contributed by atoms with Crippen molar-refractivity contribution in [3.05, 3.63) is 105 Å². The molecule has 0 radical (unpaired) electrons. The minimum atomic E-state index is 0.713. The van der Waals surface area contributed by atoms with Gasteiger partial charge >= 0.3 is 0 Å². The normalized spacial score (nSPS) is 11.5. The first-order chi connectivity index (χ1) is 15.1. The minimum absolute atomic E-state index is 0.713. The van der Waals surface area contributed by atoms with Crippen LogP contribution < -0.4 is 4.74 Å². The minimum Gasteiger partial charge on any atom is -0.497 e. The molecular formula is C26H20Cl2N2O. The standard InChI is InChI=1S/C26H20Cl2N2O/c1-31-23-14-8-20(9-15-23)26-29-24(16-6-18-2-10-21(27)11-3-18)25(30-26)17-7-19-4-12-22(28)13-5-19/h2-17H,1H3,(H,29,30). The Kier molecular flexibility index (Phi) is 6.56. The van der Waals surface area contributed by atoms with Crippen LogP contribution in [-0.4, -0.2) is 17.1 Å². The van der Waals surface area contributed by atoms with E-state index in [1.165, 1.54) is 0 Å². The molecule has 4 aromatic rings. The number of rotatable bonds is 6. The van der Waals surface area contributed by atoms with Gasteiger partial charge in [-0.05, 0) is 71.8 Å². The zero-order valence-electron chi connectivity index (χ0n) is 16.8. The number of aromatic amines is 1. The second kappa shape index (κ2) is 9.69. The molecule has 3 aromatic carbocycles. The molecule has 0 aliphatic rings. The van der Waals surface area contributed by atoms with Crippen LogP contribution in [0, 0.1) is 0 Å². The molecular weight excluding hydrogens is 427 g/mol. The van der Waals surface area contributed by atoms with Crippen molar-refractivity contribution in [2.45, 2.75) is 0 Å². The Labute approximate surface area is 191 Å². The van der Waals surface area contributed by atoms with Gasteiger partial charge in [0.2, 0.25) is 0 Å². The third-order valence-electron chi connectivity index (χ3n) is 4.74. The molecule has 154 valence electrons. The smallest absolute Gasteiger partial charge is 0.138 e. The first-order valence-corrected chi connectivity index (χ1v) is 10.5. The van der Waals surface area contributed by atoms with E-state index in [1.54, 1.807) is 7.11 Å². The van der Waals surface area contributed by atoms with Gasteiger partial charge in [-0.25, -0.2) is 4.98 Å². The summed E-state index contributed by atoms with van der Waals surface area (Å²) in [6.45, 7) is 0. The van der Waals surface area contributed by atoms with Gasteiger partial charge in [-0.15, -0.1) is 0 Å². The highest BCUT2D eigenvalue weighted by molar-refractivity contribution is 6.30. The lowest BCUT2D eigenvalue weighted by atomic mass is 10.1. The number of halogens is 2. The first-order valence-electron chi connectivity index (χ1n) is 9.72. The molecule has 1 heterocycles. The molecule has 0 unspecified atom stereocenters. The number of benzene rings is 3. The van der Waals surface area contributed by atoms with Crippen LogP contribution >= 0.6 is 23.2 Å². The molecule has 0 fully saturated rings. The fourth-order valence-corrected chi connectivity index (χ4v) is 3.29. The van der Waals surface area contributed by atoms with Crippen molar-refractivity contribution in [2.75, 3.05) is 7.11 Å². The van der Waals surface area contributed by atoms with E-state index in [0.29, 0.717) is 10.0 Å². The van der Waals surface area contributed by atoms with E-state index < -0.39 is 0 Å². The molecule has 0 aliphatic carbocycles. The second-order valence-corrected chi connectivity index (χ2v) is 7.76. The average molecular weight is 447 g/mol. The van der Waals surface area contributed by atoms with E-state index in [4.69, 9.17) is 32.9 Å². The highest BCUT2D eigenvalue weighted by Gasteiger charge is 2.08. The third-order valence-corrected chi connectivity index (χ3v) is 5.24. The fraction of sp³-hybridized carbons (Fsp3) is 0.0385. The molecule has 0 saturated carbocycles. The van der Waals surface area contributed by atoms with Crippen molar-refractivity contribution in [1.29, 1.82) is 0 Å². The van der Waals surface area contributed by atoms with Crippen LogP contribution in [0.3, 0.4) is 0 Å². The number of hydrogen-bond donors (Lipinski definition) is 1. The van der Waals surface area contributed by atoms with E-state index >= 15 is 0 Å². The van der Waals surface area contributed by atoms with Gasteiger partial charge < -0.3 is 9.72 Å². The highest BCUT2D eigenvalue weighted by Crippen LogP contribution is 2.24. The van der Waals surface area contributed by atoms with Crippen LogP contribution in [0.5, 0.6) is 5.75 Å². The number of methoxy groups -OCH3 is 1. The van der Waals surface area contributed by atoms with E-state index in [2.05, 4.69) is 4.98 Å². The van der Waals surface area contributed by atoms with Gasteiger partial charge in [0.05, 0.1) is 18.5 Å². The predicted octanol–water partition coefficient (Wildman–Crippen LogP) is 7.73. The lowest BCUT2D eigenvalue weighted by Crippen LogP contribution is -1.84. The van der Waals surface area contributed by atoms with Gasteiger partial charge in [0.25, 0.3) is 0 Å². The lowest BCUT2D eigenvalue weighted by molar-refractivity contribution is 0.415. The van der Waals surface area contributed by atoms with Gasteiger partial charge in [-0.2, -0.15) is 0 Å². The molecule has 3 nitrogen and oxygen atoms in total. The molecule has 31 heavy (non-hydrogen) atoms. The number of ether oxygens (including phenoxy) is 1. The molecule has 0 atom stereocenters. The monoisotopic (exact) mass is 446 g/mol. The summed E-state index contributed by atoms with van der Waals surface area (Å²) in [5, 5.41) is 1.43.